The number of hydrogen-bond acceptors (Lipinski definition) is 4. The first-order chi connectivity index (χ1) is 11.8. The number of aliphatic hydroxyl groups is 1. The van der Waals surface area contributed by atoms with Gasteiger partial charge >= 0.3 is 6.03 Å². The number of aliphatic hydroxyl groups excluding tert-OH is 1. The van der Waals surface area contributed by atoms with E-state index < -0.39 is 0 Å². The Balaban J connectivity index is 1.53. The predicted molar refractivity (Wildman–Crippen MR) is 93.9 cm³/mol. The summed E-state index contributed by atoms with van der Waals surface area (Å²) in [7, 11) is 0. The summed E-state index contributed by atoms with van der Waals surface area (Å²) in [5.41, 5.74) is 1.08. The number of nitrogens with zero attached hydrogens (tertiary/aromatic N) is 3. The Hall–Kier alpha value is -1.82. The van der Waals surface area contributed by atoms with Gasteiger partial charge in [0.25, 0.3) is 0 Å². The second kappa shape index (κ2) is 8.33. The fourth-order valence-corrected chi connectivity index (χ4v) is 3.50. The standard InChI is InChI=1S/C18H28N4O2/c23-14-16-6-10-22(13-16)18(24)20-12-15-5-7-19-17(11-15)21-8-3-1-2-4-9-21/h5,7,11,16,23H,1-4,6,8-10,12-14H2,(H,20,24). The van der Waals surface area contributed by atoms with Gasteiger partial charge < -0.3 is 20.2 Å². The lowest BCUT2D eigenvalue weighted by molar-refractivity contribution is 0.198. The van der Waals surface area contributed by atoms with Crippen molar-refractivity contribution in [2.45, 2.75) is 38.6 Å². The molecule has 6 heteroatoms. The molecule has 3 heterocycles. The van der Waals surface area contributed by atoms with Crippen LogP contribution in [0.4, 0.5) is 10.6 Å². The van der Waals surface area contributed by atoms with Gasteiger partial charge in [0, 0.05) is 51.4 Å². The first-order valence-electron chi connectivity index (χ1n) is 9.10. The van der Waals surface area contributed by atoms with Gasteiger partial charge in [-0.2, -0.15) is 0 Å². The van der Waals surface area contributed by atoms with Crippen LogP contribution in [0.2, 0.25) is 0 Å². The van der Waals surface area contributed by atoms with Crippen molar-refractivity contribution in [2.24, 2.45) is 5.92 Å². The van der Waals surface area contributed by atoms with Crippen LogP contribution < -0.4 is 10.2 Å². The summed E-state index contributed by atoms with van der Waals surface area (Å²) >= 11 is 0. The van der Waals surface area contributed by atoms with E-state index in [0.717, 1.165) is 37.4 Å². The third kappa shape index (κ3) is 4.38. The zero-order valence-corrected chi connectivity index (χ0v) is 14.3. The van der Waals surface area contributed by atoms with Crippen LogP contribution in [0.5, 0.6) is 0 Å². The monoisotopic (exact) mass is 332 g/mol. The number of carbonyl (C=O) groups excluding carboxylic acids is 1. The minimum absolute atomic E-state index is 0.0425. The van der Waals surface area contributed by atoms with E-state index in [1.54, 1.807) is 4.90 Å². The molecule has 2 saturated heterocycles. The molecule has 1 unspecified atom stereocenters. The van der Waals surface area contributed by atoms with Gasteiger partial charge in [0.2, 0.25) is 0 Å². The average molecular weight is 332 g/mol. The highest BCUT2D eigenvalue weighted by atomic mass is 16.3. The van der Waals surface area contributed by atoms with E-state index in [0.29, 0.717) is 13.1 Å². The normalized spacial score (nSPS) is 21.6. The van der Waals surface area contributed by atoms with Crippen molar-refractivity contribution in [3.63, 3.8) is 0 Å². The molecule has 3 rings (SSSR count). The molecule has 0 spiro atoms. The van der Waals surface area contributed by atoms with E-state index in [-0.39, 0.29) is 18.6 Å². The van der Waals surface area contributed by atoms with Crippen LogP contribution in [0.3, 0.4) is 0 Å². The number of urea groups is 1. The minimum atomic E-state index is -0.0425. The van der Waals surface area contributed by atoms with Crippen LogP contribution in [0, 0.1) is 5.92 Å². The maximum Gasteiger partial charge on any atom is 0.317 e. The number of aromatic nitrogens is 1. The third-order valence-corrected chi connectivity index (χ3v) is 5.01. The summed E-state index contributed by atoms with van der Waals surface area (Å²) in [5.74, 6) is 1.25. The van der Waals surface area contributed by atoms with E-state index >= 15 is 0 Å². The summed E-state index contributed by atoms with van der Waals surface area (Å²) in [6.45, 7) is 4.19. The Bertz CT molecular complexity index is 544. The fraction of sp³-hybridized carbons (Fsp3) is 0.667. The fourth-order valence-electron chi connectivity index (χ4n) is 3.50. The molecule has 2 fully saturated rings. The number of amides is 2. The molecular weight excluding hydrogens is 304 g/mol. The Morgan fingerprint density at radius 2 is 2.04 bits per heavy atom. The van der Waals surface area contributed by atoms with Crippen molar-refractivity contribution in [3.05, 3.63) is 23.9 Å². The topological polar surface area (TPSA) is 68.7 Å². The van der Waals surface area contributed by atoms with Gasteiger partial charge in [0.1, 0.15) is 5.82 Å². The van der Waals surface area contributed by atoms with Crippen LogP contribution >= 0.6 is 0 Å². The van der Waals surface area contributed by atoms with Crippen LogP contribution in [0.15, 0.2) is 18.3 Å². The molecular formula is C18H28N4O2. The lowest BCUT2D eigenvalue weighted by atomic mass is 10.1. The Morgan fingerprint density at radius 1 is 1.25 bits per heavy atom. The number of carbonyl (C=O) groups is 1. The molecule has 2 N–H and O–H groups in total. The average Bonchev–Trinajstić information content (AvgIpc) is 2.94. The van der Waals surface area contributed by atoms with Gasteiger partial charge in [-0.05, 0) is 37.0 Å². The molecule has 1 aromatic heterocycles. The van der Waals surface area contributed by atoms with Crippen molar-refractivity contribution < 1.29 is 9.90 Å². The first kappa shape index (κ1) is 17.0. The number of rotatable bonds is 4. The SMILES string of the molecule is O=C(NCc1ccnc(N2CCCCCC2)c1)N1CCC(CO)C1. The molecule has 132 valence electrons. The van der Waals surface area contributed by atoms with Crippen LogP contribution in [-0.4, -0.2) is 53.8 Å². The highest BCUT2D eigenvalue weighted by molar-refractivity contribution is 5.74. The zero-order chi connectivity index (χ0) is 16.8. The quantitative estimate of drug-likeness (QED) is 0.885. The van der Waals surface area contributed by atoms with Gasteiger partial charge in [0.05, 0.1) is 0 Å². The number of hydrogen-bond donors (Lipinski definition) is 2. The van der Waals surface area contributed by atoms with Crippen molar-refractivity contribution in [1.82, 2.24) is 15.2 Å². The number of likely N-dealkylation sites (tertiary alicyclic amines) is 1. The first-order valence-corrected chi connectivity index (χ1v) is 9.10. The summed E-state index contributed by atoms with van der Waals surface area (Å²) in [6, 6.07) is 4.01. The van der Waals surface area contributed by atoms with Crippen molar-refractivity contribution >= 4 is 11.8 Å². The summed E-state index contributed by atoms with van der Waals surface area (Å²) in [4.78, 5) is 20.9. The van der Waals surface area contributed by atoms with E-state index in [2.05, 4.69) is 21.3 Å². The maximum absolute atomic E-state index is 12.2. The molecule has 2 aliphatic heterocycles. The van der Waals surface area contributed by atoms with Gasteiger partial charge in [-0.3, -0.25) is 0 Å². The van der Waals surface area contributed by atoms with Crippen molar-refractivity contribution in [1.29, 1.82) is 0 Å². The van der Waals surface area contributed by atoms with Gasteiger partial charge in [-0.15, -0.1) is 0 Å². The molecule has 2 amide bonds. The summed E-state index contributed by atoms with van der Waals surface area (Å²) in [5, 5.41) is 12.2. The second-order valence-corrected chi connectivity index (χ2v) is 6.87. The smallest absolute Gasteiger partial charge is 0.317 e. The van der Waals surface area contributed by atoms with Crippen LogP contribution in [0.25, 0.3) is 0 Å². The molecule has 0 radical (unpaired) electrons. The molecule has 0 saturated carbocycles. The van der Waals surface area contributed by atoms with Gasteiger partial charge in [-0.25, -0.2) is 9.78 Å². The predicted octanol–water partition coefficient (Wildman–Crippen LogP) is 1.99. The number of nitrogens with one attached hydrogen (secondary N) is 1. The van der Waals surface area contributed by atoms with Crippen LogP contribution in [0.1, 0.15) is 37.7 Å². The Kier molecular flexibility index (Phi) is 5.91. The molecule has 1 aromatic rings. The highest BCUT2D eigenvalue weighted by Crippen LogP contribution is 2.19. The van der Waals surface area contributed by atoms with E-state index in [9.17, 15) is 9.90 Å². The molecule has 2 aliphatic rings. The van der Waals surface area contributed by atoms with Crippen molar-refractivity contribution in [2.75, 3.05) is 37.7 Å². The largest absolute Gasteiger partial charge is 0.396 e. The Morgan fingerprint density at radius 3 is 2.75 bits per heavy atom. The summed E-state index contributed by atoms with van der Waals surface area (Å²) < 4.78 is 0. The maximum atomic E-state index is 12.2. The Labute approximate surface area is 143 Å². The molecule has 6 nitrogen and oxygen atoms in total. The second-order valence-electron chi connectivity index (χ2n) is 6.87. The zero-order valence-electron chi connectivity index (χ0n) is 14.3. The van der Waals surface area contributed by atoms with Gasteiger partial charge in [0.15, 0.2) is 0 Å². The molecule has 0 aromatic carbocycles. The van der Waals surface area contributed by atoms with E-state index in [1.165, 1.54) is 25.7 Å². The summed E-state index contributed by atoms with van der Waals surface area (Å²) in [6.07, 6.45) is 7.78. The van der Waals surface area contributed by atoms with E-state index in [4.69, 9.17) is 0 Å². The molecule has 24 heavy (non-hydrogen) atoms. The minimum Gasteiger partial charge on any atom is -0.396 e. The molecule has 0 bridgehead atoms. The number of anilines is 1. The van der Waals surface area contributed by atoms with Gasteiger partial charge in [-0.1, -0.05) is 12.8 Å². The lowest BCUT2D eigenvalue weighted by Crippen LogP contribution is -2.38. The lowest BCUT2D eigenvalue weighted by Gasteiger charge is -2.22. The van der Waals surface area contributed by atoms with E-state index in [1.807, 2.05) is 12.3 Å². The van der Waals surface area contributed by atoms with Crippen LogP contribution in [-0.2, 0) is 6.54 Å². The highest BCUT2D eigenvalue weighted by Gasteiger charge is 2.25. The molecule has 1 atom stereocenters. The number of pyridine rings is 1. The van der Waals surface area contributed by atoms with Crippen molar-refractivity contribution in [3.8, 4) is 0 Å². The molecule has 0 aliphatic carbocycles. The third-order valence-electron chi connectivity index (χ3n) is 5.01.